The molecule has 0 aromatic carbocycles. The first kappa shape index (κ1) is 11.2. The summed E-state index contributed by atoms with van der Waals surface area (Å²) in [6, 6.07) is 2.58. The molecule has 1 N–H and O–H groups in total. The normalized spacial score (nSPS) is 26.8. The van der Waals surface area contributed by atoms with Crippen molar-refractivity contribution in [2.75, 3.05) is 19.6 Å². The molecule has 1 aliphatic heterocycles. The molecule has 1 fully saturated rings. The van der Waals surface area contributed by atoms with E-state index in [9.17, 15) is 0 Å². The second-order valence-electron chi connectivity index (χ2n) is 4.50. The van der Waals surface area contributed by atoms with Gasteiger partial charge < -0.3 is 5.32 Å². The van der Waals surface area contributed by atoms with Gasteiger partial charge >= 0.3 is 0 Å². The smallest absolute Gasteiger partial charge is 0.0638 e. The topological polar surface area (TPSA) is 39.1 Å². The van der Waals surface area contributed by atoms with Gasteiger partial charge in [0.25, 0.3) is 0 Å². The Balaban J connectivity index is 2.61. The Morgan fingerprint density at radius 2 is 2.43 bits per heavy atom. The maximum atomic E-state index is 8.70. The van der Waals surface area contributed by atoms with Crippen molar-refractivity contribution < 1.29 is 0 Å². The average Bonchev–Trinajstić information content (AvgIpc) is 2.10. The molecule has 1 saturated heterocycles. The fraction of sp³-hybridized carbons (Fsp3) is 0.727. The zero-order valence-electron chi connectivity index (χ0n) is 9.08. The molecule has 3 heteroatoms. The van der Waals surface area contributed by atoms with E-state index in [4.69, 9.17) is 5.26 Å². The summed E-state index contributed by atoms with van der Waals surface area (Å²) >= 11 is 0. The highest BCUT2D eigenvalue weighted by Gasteiger charge is 2.31. The molecule has 14 heavy (non-hydrogen) atoms. The molecule has 0 amide bonds. The Morgan fingerprint density at radius 1 is 1.71 bits per heavy atom. The molecular weight excluding hydrogens is 174 g/mol. The predicted octanol–water partition coefficient (Wildman–Crippen LogP) is 1.14. The molecule has 0 saturated carbocycles. The van der Waals surface area contributed by atoms with E-state index in [2.05, 4.69) is 36.7 Å². The second kappa shape index (κ2) is 4.59. The maximum absolute atomic E-state index is 8.70. The molecule has 0 bridgehead atoms. The van der Waals surface area contributed by atoms with Crippen molar-refractivity contribution in [1.29, 1.82) is 5.26 Å². The van der Waals surface area contributed by atoms with E-state index >= 15 is 0 Å². The number of nitrogens with one attached hydrogen (secondary N) is 1. The monoisotopic (exact) mass is 193 g/mol. The van der Waals surface area contributed by atoms with Crippen LogP contribution in [0.25, 0.3) is 0 Å². The van der Waals surface area contributed by atoms with E-state index in [0.717, 1.165) is 19.6 Å². The summed E-state index contributed by atoms with van der Waals surface area (Å²) in [5.41, 5.74) is 0.148. The molecule has 0 aliphatic carbocycles. The summed E-state index contributed by atoms with van der Waals surface area (Å²) in [5, 5.41) is 12.2. The molecule has 0 aromatic rings. The summed E-state index contributed by atoms with van der Waals surface area (Å²) in [4.78, 5) is 2.33. The molecule has 0 aromatic heterocycles. The van der Waals surface area contributed by atoms with Crippen LogP contribution < -0.4 is 5.32 Å². The van der Waals surface area contributed by atoms with Crippen molar-refractivity contribution in [2.45, 2.75) is 31.8 Å². The van der Waals surface area contributed by atoms with Crippen LogP contribution >= 0.6 is 0 Å². The van der Waals surface area contributed by atoms with Crippen LogP contribution in [0.1, 0.15) is 20.3 Å². The van der Waals surface area contributed by atoms with Crippen molar-refractivity contribution in [3.8, 4) is 6.07 Å². The standard InChI is InChI=1S/C11H19N3/c1-4-7-14-9-11(2,3)13-8-10(14)5-6-12/h4,10,13H,1,5,7-9H2,2-3H3. The molecule has 1 aliphatic rings. The molecule has 0 radical (unpaired) electrons. The van der Waals surface area contributed by atoms with Gasteiger partial charge in [-0.1, -0.05) is 6.08 Å². The fourth-order valence-corrected chi connectivity index (χ4v) is 1.90. The van der Waals surface area contributed by atoms with Crippen molar-refractivity contribution in [2.24, 2.45) is 0 Å². The molecule has 3 nitrogen and oxygen atoms in total. The number of piperazine rings is 1. The van der Waals surface area contributed by atoms with E-state index in [1.807, 2.05) is 6.08 Å². The zero-order valence-corrected chi connectivity index (χ0v) is 9.08. The third-order valence-corrected chi connectivity index (χ3v) is 2.62. The lowest BCUT2D eigenvalue weighted by Crippen LogP contribution is -2.61. The van der Waals surface area contributed by atoms with Crippen LogP contribution in [0.5, 0.6) is 0 Å². The second-order valence-corrected chi connectivity index (χ2v) is 4.50. The zero-order chi connectivity index (χ0) is 10.6. The van der Waals surface area contributed by atoms with Crippen molar-refractivity contribution in [3.63, 3.8) is 0 Å². The van der Waals surface area contributed by atoms with E-state index in [0.29, 0.717) is 12.5 Å². The van der Waals surface area contributed by atoms with E-state index in [1.165, 1.54) is 0 Å². The van der Waals surface area contributed by atoms with Gasteiger partial charge in [0.1, 0.15) is 0 Å². The highest BCUT2D eigenvalue weighted by molar-refractivity contribution is 4.97. The number of nitriles is 1. The van der Waals surface area contributed by atoms with Crippen LogP contribution in [0.2, 0.25) is 0 Å². The van der Waals surface area contributed by atoms with Crippen LogP contribution in [0.15, 0.2) is 12.7 Å². The summed E-state index contributed by atoms with van der Waals surface area (Å²) in [5.74, 6) is 0. The highest BCUT2D eigenvalue weighted by atomic mass is 15.2. The van der Waals surface area contributed by atoms with Gasteiger partial charge in [0, 0.05) is 31.2 Å². The average molecular weight is 193 g/mol. The molecule has 1 atom stereocenters. The Labute approximate surface area is 86.4 Å². The minimum Gasteiger partial charge on any atom is -0.309 e. The number of nitrogens with zero attached hydrogens (tertiary/aromatic N) is 2. The SMILES string of the molecule is C=CCN1CC(C)(C)NCC1CC#N. The van der Waals surface area contributed by atoms with Crippen LogP contribution in [0.3, 0.4) is 0 Å². The van der Waals surface area contributed by atoms with Crippen LogP contribution in [-0.4, -0.2) is 36.1 Å². The maximum Gasteiger partial charge on any atom is 0.0638 e. The molecule has 0 spiro atoms. The van der Waals surface area contributed by atoms with E-state index in [-0.39, 0.29) is 5.54 Å². The van der Waals surface area contributed by atoms with Crippen LogP contribution in [0, 0.1) is 11.3 Å². The molecule has 1 unspecified atom stereocenters. The number of rotatable bonds is 3. The first-order chi connectivity index (χ1) is 6.59. The summed E-state index contributed by atoms with van der Waals surface area (Å²) in [7, 11) is 0. The first-order valence-electron chi connectivity index (χ1n) is 5.06. The van der Waals surface area contributed by atoms with Gasteiger partial charge in [-0.25, -0.2) is 0 Å². The first-order valence-corrected chi connectivity index (χ1v) is 5.06. The lowest BCUT2D eigenvalue weighted by atomic mass is 9.97. The summed E-state index contributed by atoms with van der Waals surface area (Å²) in [6.07, 6.45) is 2.50. The van der Waals surface area contributed by atoms with Gasteiger partial charge in [0.15, 0.2) is 0 Å². The fourth-order valence-electron chi connectivity index (χ4n) is 1.90. The summed E-state index contributed by atoms with van der Waals surface area (Å²) < 4.78 is 0. The Kier molecular flexibility index (Phi) is 3.68. The van der Waals surface area contributed by atoms with Gasteiger partial charge in [0.05, 0.1) is 12.5 Å². The Bertz CT molecular complexity index is 239. The van der Waals surface area contributed by atoms with E-state index in [1.54, 1.807) is 0 Å². The van der Waals surface area contributed by atoms with Crippen molar-refractivity contribution in [1.82, 2.24) is 10.2 Å². The molecular formula is C11H19N3. The van der Waals surface area contributed by atoms with Gasteiger partial charge in [-0.2, -0.15) is 5.26 Å². The van der Waals surface area contributed by atoms with Gasteiger partial charge in [0.2, 0.25) is 0 Å². The van der Waals surface area contributed by atoms with Gasteiger partial charge in [-0.3, -0.25) is 4.90 Å². The minimum absolute atomic E-state index is 0.148. The lowest BCUT2D eigenvalue weighted by Gasteiger charge is -2.43. The quantitative estimate of drug-likeness (QED) is 0.683. The van der Waals surface area contributed by atoms with Crippen LogP contribution in [0.4, 0.5) is 0 Å². The Morgan fingerprint density at radius 3 is 3.00 bits per heavy atom. The predicted molar refractivity (Wildman–Crippen MR) is 57.9 cm³/mol. The lowest BCUT2D eigenvalue weighted by molar-refractivity contribution is 0.110. The summed E-state index contributed by atoms with van der Waals surface area (Å²) in [6.45, 7) is 10.9. The molecule has 1 rings (SSSR count). The molecule has 78 valence electrons. The molecule has 1 heterocycles. The van der Waals surface area contributed by atoms with Gasteiger partial charge in [-0.15, -0.1) is 6.58 Å². The van der Waals surface area contributed by atoms with Crippen molar-refractivity contribution >= 4 is 0 Å². The third-order valence-electron chi connectivity index (χ3n) is 2.62. The van der Waals surface area contributed by atoms with Gasteiger partial charge in [-0.05, 0) is 13.8 Å². The van der Waals surface area contributed by atoms with Crippen LogP contribution in [-0.2, 0) is 0 Å². The largest absolute Gasteiger partial charge is 0.309 e. The highest BCUT2D eigenvalue weighted by Crippen LogP contribution is 2.16. The Hall–Kier alpha value is -0.850. The number of hydrogen-bond acceptors (Lipinski definition) is 3. The minimum atomic E-state index is 0.148. The van der Waals surface area contributed by atoms with Crippen molar-refractivity contribution in [3.05, 3.63) is 12.7 Å². The van der Waals surface area contributed by atoms with E-state index < -0.39 is 0 Å². The number of hydrogen-bond donors (Lipinski definition) is 1. The third kappa shape index (κ3) is 2.83.